The van der Waals surface area contributed by atoms with Crippen molar-refractivity contribution in [2.24, 2.45) is 0 Å². The summed E-state index contributed by atoms with van der Waals surface area (Å²) in [4.78, 5) is 2.24. The van der Waals surface area contributed by atoms with Crippen LogP contribution in [-0.4, -0.2) is 32.8 Å². The first kappa shape index (κ1) is 40.6. The molecule has 11 aromatic rings. The summed E-state index contributed by atoms with van der Waals surface area (Å²) in [6.45, 7) is 0. The molecule has 0 saturated carbocycles. The second-order valence-corrected chi connectivity index (χ2v) is 17.5. The first-order valence-corrected chi connectivity index (χ1v) is 22.7. The molecule has 0 radical (unpaired) electrons. The van der Waals surface area contributed by atoms with Crippen LogP contribution in [0.25, 0.3) is 60.9 Å². The molecule has 1 heterocycles. The third kappa shape index (κ3) is 6.13. The zero-order chi connectivity index (χ0) is 46.1. The predicted molar refractivity (Wildman–Crippen MR) is 278 cm³/mol. The molecule has 4 N–H and O–H groups in total. The van der Waals surface area contributed by atoms with Gasteiger partial charge in [0.2, 0.25) is 11.5 Å². The van der Waals surface area contributed by atoms with E-state index in [4.69, 9.17) is 0 Å². The van der Waals surface area contributed by atoms with Gasteiger partial charge in [0, 0.05) is 39.1 Å². The van der Waals surface area contributed by atoms with Crippen molar-refractivity contribution in [3.05, 3.63) is 247 Å². The number of fused-ring (bicyclic) bond motifs is 6. The van der Waals surface area contributed by atoms with Crippen molar-refractivity contribution < 1.29 is 20.4 Å². The Morgan fingerprint density at radius 1 is 0.382 bits per heavy atom. The molecule has 10 aromatic carbocycles. The maximum Gasteiger partial charge on any atom is 0.204 e. The van der Waals surface area contributed by atoms with Crippen molar-refractivity contribution in [1.29, 1.82) is 0 Å². The van der Waals surface area contributed by atoms with Crippen LogP contribution in [-0.2, 0) is 5.41 Å². The van der Waals surface area contributed by atoms with Gasteiger partial charge < -0.3 is 29.9 Å². The maximum absolute atomic E-state index is 11.0. The fraction of sp³-hybridized carbons (Fsp3) is 0.0164. The van der Waals surface area contributed by atoms with E-state index in [1.165, 1.54) is 44.2 Å². The van der Waals surface area contributed by atoms with E-state index in [9.17, 15) is 20.4 Å². The number of para-hydroxylation sites is 2. The van der Waals surface area contributed by atoms with Crippen LogP contribution in [0.1, 0.15) is 22.3 Å². The van der Waals surface area contributed by atoms with Gasteiger partial charge in [-0.05, 0) is 122 Å². The molecule has 324 valence electrons. The van der Waals surface area contributed by atoms with Crippen LogP contribution in [0, 0.1) is 0 Å². The summed E-state index contributed by atoms with van der Waals surface area (Å²) in [6, 6.07) is 79.2. The topological polar surface area (TPSA) is 89.1 Å². The zero-order valence-electron chi connectivity index (χ0n) is 37.0. The van der Waals surface area contributed by atoms with Crippen LogP contribution in [0.15, 0.2) is 224 Å². The Kier molecular flexibility index (Phi) is 9.48. The molecular formula is C61H43BN2O4. The highest BCUT2D eigenvalue weighted by atomic mass is 16.3. The Hall–Kier alpha value is -8.94. The lowest BCUT2D eigenvalue weighted by Gasteiger charge is -2.35. The highest BCUT2D eigenvalue weighted by Gasteiger charge is 2.46. The summed E-state index contributed by atoms with van der Waals surface area (Å²) in [5.74, 6) is -2.51. The number of phenolic OH excluding ortho intramolecular Hbond substituents is 4. The van der Waals surface area contributed by atoms with Gasteiger partial charge in [0.25, 0.3) is 0 Å². The zero-order valence-corrected chi connectivity index (χ0v) is 37.0. The van der Waals surface area contributed by atoms with Crippen LogP contribution < -0.4 is 10.4 Å². The Morgan fingerprint density at radius 2 is 0.897 bits per heavy atom. The normalized spacial score (nSPS) is 12.5. The molecule has 1 aliphatic carbocycles. The van der Waals surface area contributed by atoms with Crippen LogP contribution in [0.2, 0.25) is 0 Å². The molecule has 7 heteroatoms. The average molecular weight is 879 g/mol. The van der Waals surface area contributed by atoms with Gasteiger partial charge in [0.1, 0.15) is 7.85 Å². The fourth-order valence-electron chi connectivity index (χ4n) is 10.8. The molecule has 0 spiro atoms. The number of hydrogen-bond donors (Lipinski definition) is 4. The van der Waals surface area contributed by atoms with E-state index in [2.05, 4.69) is 204 Å². The third-order valence-electron chi connectivity index (χ3n) is 13.9. The highest BCUT2D eigenvalue weighted by molar-refractivity contribution is 6.39. The lowest BCUT2D eigenvalue weighted by Crippen LogP contribution is -2.28. The molecule has 0 aliphatic heterocycles. The fourth-order valence-corrected chi connectivity index (χ4v) is 10.8. The largest absolute Gasteiger partial charge is 0.505 e. The van der Waals surface area contributed by atoms with Crippen LogP contribution in [0.5, 0.6) is 23.0 Å². The summed E-state index contributed by atoms with van der Waals surface area (Å²) in [5.41, 5.74) is 15.9. The lowest BCUT2D eigenvalue weighted by atomic mass is 9.67. The van der Waals surface area contributed by atoms with Crippen molar-refractivity contribution >= 4 is 52.2 Å². The molecule has 6 nitrogen and oxygen atoms in total. The number of nitrogens with zero attached hydrogens (tertiary/aromatic N) is 2. The Balaban J connectivity index is 1.03. The summed E-state index contributed by atoms with van der Waals surface area (Å²) in [5, 5.41) is 44.9. The molecule has 0 bridgehead atoms. The van der Waals surface area contributed by atoms with E-state index in [0.29, 0.717) is 5.56 Å². The molecule has 0 saturated heterocycles. The van der Waals surface area contributed by atoms with Gasteiger partial charge in [-0.3, -0.25) is 0 Å². The van der Waals surface area contributed by atoms with Crippen molar-refractivity contribution in [1.82, 2.24) is 4.57 Å². The average Bonchev–Trinajstić information content (AvgIpc) is 3.89. The minimum atomic E-state index is -0.769. The Labute approximate surface area is 394 Å². The van der Waals surface area contributed by atoms with Gasteiger partial charge in [0.05, 0.1) is 16.4 Å². The van der Waals surface area contributed by atoms with E-state index >= 15 is 0 Å². The summed E-state index contributed by atoms with van der Waals surface area (Å²) in [6.07, 6.45) is 0. The van der Waals surface area contributed by atoms with E-state index in [1.807, 2.05) is 30.3 Å². The highest BCUT2D eigenvalue weighted by Crippen LogP contribution is 2.57. The van der Waals surface area contributed by atoms with Crippen molar-refractivity contribution in [3.63, 3.8) is 0 Å². The third-order valence-corrected chi connectivity index (χ3v) is 13.9. The maximum atomic E-state index is 11.0. The monoisotopic (exact) mass is 878 g/mol. The summed E-state index contributed by atoms with van der Waals surface area (Å²) < 4.78 is 2.33. The van der Waals surface area contributed by atoms with E-state index in [-0.39, 0.29) is 11.0 Å². The van der Waals surface area contributed by atoms with Gasteiger partial charge in [-0.25, -0.2) is 0 Å². The van der Waals surface area contributed by atoms with Gasteiger partial charge >= 0.3 is 0 Å². The van der Waals surface area contributed by atoms with Gasteiger partial charge in [-0.2, -0.15) is 0 Å². The minimum absolute atomic E-state index is 0.231. The second kappa shape index (κ2) is 15.9. The predicted octanol–water partition coefficient (Wildman–Crippen LogP) is 13.0. The number of aromatic nitrogens is 1. The van der Waals surface area contributed by atoms with Crippen LogP contribution >= 0.6 is 0 Å². The number of benzene rings is 10. The summed E-state index contributed by atoms with van der Waals surface area (Å²) in [7, 11) is 1.60. The van der Waals surface area contributed by atoms with Gasteiger partial charge in [-0.15, -0.1) is 0 Å². The molecule has 1 aromatic heterocycles. The first-order chi connectivity index (χ1) is 33.3. The molecule has 0 unspecified atom stereocenters. The number of hydrogen-bond acceptors (Lipinski definition) is 5. The van der Waals surface area contributed by atoms with Crippen molar-refractivity contribution in [3.8, 4) is 62.1 Å². The standard InChI is InChI=1S/C61H43BN2O4/c62-56-55(57(65)59(67)60(68)58(56)66)39-26-31-45(32-27-39)63(44-29-24-38(25-30-44)40-28-35-54-50(36-40)49-21-11-13-23-53(49)64(54)43-18-8-3-9-19-43)46-33-34-48-47-20-10-12-22-51(47)61(52(48)37-46,41-14-4-1-5-15-41)42-16-6-2-7-17-42/h1-37,65-68H,62H2. The Bertz CT molecular complexity index is 3650. The van der Waals surface area contributed by atoms with Gasteiger partial charge in [-0.1, -0.05) is 158 Å². The van der Waals surface area contributed by atoms with Crippen molar-refractivity contribution in [2.45, 2.75) is 5.41 Å². The molecule has 0 amide bonds. The first-order valence-electron chi connectivity index (χ1n) is 22.7. The van der Waals surface area contributed by atoms with Crippen LogP contribution in [0.3, 0.4) is 0 Å². The Morgan fingerprint density at radius 3 is 1.57 bits per heavy atom. The van der Waals surface area contributed by atoms with Crippen molar-refractivity contribution in [2.75, 3.05) is 4.90 Å². The lowest BCUT2D eigenvalue weighted by molar-refractivity contribution is 0.348. The molecule has 1 aliphatic rings. The molecule has 12 rings (SSSR count). The second-order valence-electron chi connectivity index (χ2n) is 17.5. The molecular weight excluding hydrogens is 835 g/mol. The smallest absolute Gasteiger partial charge is 0.204 e. The number of rotatable bonds is 8. The molecule has 68 heavy (non-hydrogen) atoms. The number of aromatic hydroxyl groups is 4. The summed E-state index contributed by atoms with van der Waals surface area (Å²) >= 11 is 0. The molecule has 0 fully saturated rings. The number of phenols is 4. The van der Waals surface area contributed by atoms with Gasteiger partial charge in [0.15, 0.2) is 11.5 Å². The van der Waals surface area contributed by atoms with Crippen LogP contribution in [0.4, 0.5) is 17.1 Å². The van der Waals surface area contributed by atoms with E-state index < -0.39 is 28.4 Å². The van der Waals surface area contributed by atoms with E-state index in [0.717, 1.165) is 44.9 Å². The van der Waals surface area contributed by atoms with E-state index in [1.54, 1.807) is 7.85 Å². The quantitative estimate of drug-likeness (QED) is 0.0694. The number of anilines is 3. The SMILES string of the molecule is Bc1c(O)c(O)c(O)c(O)c1-c1ccc(N(c2ccc(-c3ccc4c(c3)c3ccccc3n4-c3ccccc3)cc2)c2ccc3c(c2)C(c2ccccc2)(c2ccccc2)c2ccccc2-3)cc1. The minimum Gasteiger partial charge on any atom is -0.505 e. The molecule has 0 atom stereocenters.